The Kier molecular flexibility index (Phi) is 8.76. The summed E-state index contributed by atoms with van der Waals surface area (Å²) < 4.78 is 10.5. The number of amides is 1. The van der Waals surface area contributed by atoms with Crippen LogP contribution in [0, 0.1) is 17.3 Å². The molecule has 0 aromatic rings. The number of esters is 1. The zero-order valence-corrected chi connectivity index (χ0v) is 16.7. The molecule has 0 heterocycles. The Balaban J connectivity index is 2.56. The molecular formula is C20H28ClNO5. The first-order valence-electron chi connectivity index (χ1n) is 8.79. The van der Waals surface area contributed by atoms with Gasteiger partial charge in [-0.15, -0.1) is 24.8 Å². The van der Waals surface area contributed by atoms with Crippen LogP contribution in [-0.2, 0) is 19.1 Å². The van der Waals surface area contributed by atoms with Crippen LogP contribution in [0.5, 0.6) is 0 Å². The van der Waals surface area contributed by atoms with Gasteiger partial charge in [-0.2, -0.15) is 0 Å². The molecule has 0 aromatic heterocycles. The van der Waals surface area contributed by atoms with Gasteiger partial charge in [0.1, 0.15) is 6.61 Å². The predicted molar refractivity (Wildman–Crippen MR) is 104 cm³/mol. The number of carbonyl (C=O) groups excluding carboxylic acids is 3. The van der Waals surface area contributed by atoms with Crippen molar-refractivity contribution in [3.63, 3.8) is 0 Å². The molecule has 0 aromatic carbocycles. The van der Waals surface area contributed by atoms with Crippen LogP contribution in [0.1, 0.15) is 26.7 Å². The zero-order valence-electron chi connectivity index (χ0n) is 16.0. The molecule has 0 saturated heterocycles. The van der Waals surface area contributed by atoms with E-state index in [-0.39, 0.29) is 42.6 Å². The summed E-state index contributed by atoms with van der Waals surface area (Å²) in [6, 6.07) is 0. The molecule has 1 aliphatic carbocycles. The van der Waals surface area contributed by atoms with Crippen LogP contribution in [0.25, 0.3) is 0 Å². The van der Waals surface area contributed by atoms with E-state index in [0.717, 1.165) is 6.42 Å². The number of ketones is 1. The van der Waals surface area contributed by atoms with E-state index in [1.54, 1.807) is 13.0 Å². The van der Waals surface area contributed by atoms with Gasteiger partial charge in [-0.05, 0) is 44.1 Å². The molecule has 4 unspecified atom stereocenters. The summed E-state index contributed by atoms with van der Waals surface area (Å²) in [7, 11) is 0. The highest BCUT2D eigenvalue weighted by atomic mass is 35.5. The highest BCUT2D eigenvalue weighted by Gasteiger charge is 2.48. The van der Waals surface area contributed by atoms with E-state index in [2.05, 4.69) is 25.1 Å². The molecule has 0 aliphatic heterocycles. The summed E-state index contributed by atoms with van der Waals surface area (Å²) >= 11 is 5.80. The van der Waals surface area contributed by atoms with Gasteiger partial charge in [-0.3, -0.25) is 9.59 Å². The molecule has 1 N–H and O–H groups in total. The van der Waals surface area contributed by atoms with Crippen LogP contribution in [0.3, 0.4) is 0 Å². The maximum absolute atomic E-state index is 12.6. The average Bonchev–Trinajstić information content (AvgIpc) is 2.99. The summed E-state index contributed by atoms with van der Waals surface area (Å²) in [4.78, 5) is 35.8. The molecule has 27 heavy (non-hydrogen) atoms. The Morgan fingerprint density at radius 1 is 1.33 bits per heavy atom. The Bertz CT molecular complexity index is 617. The summed E-state index contributed by atoms with van der Waals surface area (Å²) in [5.74, 6) is -0.524. The zero-order chi connectivity index (χ0) is 20.6. The molecule has 1 amide bonds. The van der Waals surface area contributed by atoms with Crippen LogP contribution in [-0.4, -0.2) is 43.0 Å². The van der Waals surface area contributed by atoms with Crippen LogP contribution < -0.4 is 5.32 Å². The number of alkyl carbamates (subject to hydrolysis) is 1. The summed E-state index contributed by atoms with van der Waals surface area (Å²) in [5, 5.41) is 2.31. The van der Waals surface area contributed by atoms with E-state index in [1.165, 1.54) is 0 Å². The average molecular weight is 398 g/mol. The number of hydrogen-bond donors (Lipinski definition) is 1. The van der Waals surface area contributed by atoms with Crippen LogP contribution in [0.4, 0.5) is 4.79 Å². The molecule has 4 atom stereocenters. The van der Waals surface area contributed by atoms with Crippen molar-refractivity contribution in [1.29, 1.82) is 0 Å². The SMILES string of the molecule is C=CC1CC(C=C)C(C)(C(=O)OCC(CCl)OC(=O)NCC(=O)C(=C)C)C1. The number of carbonyl (C=O) groups is 3. The lowest BCUT2D eigenvalue weighted by molar-refractivity contribution is -0.159. The third kappa shape index (κ3) is 6.24. The molecular weight excluding hydrogens is 370 g/mol. The van der Waals surface area contributed by atoms with Crippen molar-refractivity contribution in [2.24, 2.45) is 17.3 Å². The lowest BCUT2D eigenvalue weighted by Crippen LogP contribution is -2.38. The van der Waals surface area contributed by atoms with E-state index >= 15 is 0 Å². The fourth-order valence-corrected chi connectivity index (χ4v) is 3.23. The van der Waals surface area contributed by atoms with Crippen molar-refractivity contribution in [2.45, 2.75) is 32.8 Å². The Labute approximate surface area is 165 Å². The fraction of sp³-hybridized carbons (Fsp3) is 0.550. The number of halogens is 1. The molecule has 0 spiro atoms. The monoisotopic (exact) mass is 397 g/mol. The number of rotatable bonds is 10. The molecule has 1 aliphatic rings. The maximum Gasteiger partial charge on any atom is 0.407 e. The van der Waals surface area contributed by atoms with E-state index in [1.807, 2.05) is 13.0 Å². The quantitative estimate of drug-likeness (QED) is 0.264. The number of alkyl halides is 1. The maximum atomic E-state index is 12.6. The highest BCUT2D eigenvalue weighted by molar-refractivity contribution is 6.18. The topological polar surface area (TPSA) is 81.7 Å². The number of Topliss-reactive ketones (excluding diaryl/α,β-unsaturated/α-hetero) is 1. The van der Waals surface area contributed by atoms with E-state index in [9.17, 15) is 14.4 Å². The van der Waals surface area contributed by atoms with E-state index in [4.69, 9.17) is 21.1 Å². The molecule has 0 radical (unpaired) electrons. The van der Waals surface area contributed by atoms with Crippen molar-refractivity contribution in [2.75, 3.05) is 19.0 Å². The minimum atomic E-state index is -0.821. The number of ether oxygens (including phenoxy) is 2. The Hall–Kier alpha value is -2.08. The van der Waals surface area contributed by atoms with Gasteiger partial charge in [0.05, 0.1) is 17.8 Å². The van der Waals surface area contributed by atoms with Crippen molar-refractivity contribution < 1.29 is 23.9 Å². The van der Waals surface area contributed by atoms with Crippen LogP contribution in [0.15, 0.2) is 37.5 Å². The van der Waals surface area contributed by atoms with E-state index in [0.29, 0.717) is 12.0 Å². The minimum Gasteiger partial charge on any atom is -0.461 e. The van der Waals surface area contributed by atoms with Crippen LogP contribution >= 0.6 is 11.6 Å². The molecule has 1 saturated carbocycles. The highest BCUT2D eigenvalue weighted by Crippen LogP contribution is 2.48. The van der Waals surface area contributed by atoms with Gasteiger partial charge >= 0.3 is 12.1 Å². The molecule has 0 bridgehead atoms. The van der Waals surface area contributed by atoms with Gasteiger partial charge in [0.2, 0.25) is 0 Å². The predicted octanol–water partition coefficient (Wildman–Crippen LogP) is 3.41. The van der Waals surface area contributed by atoms with Crippen molar-refractivity contribution in [3.8, 4) is 0 Å². The van der Waals surface area contributed by atoms with E-state index < -0.39 is 17.6 Å². The largest absolute Gasteiger partial charge is 0.461 e. The van der Waals surface area contributed by atoms with Crippen molar-refractivity contribution in [1.82, 2.24) is 5.32 Å². The normalized spacial score (nSPS) is 25.1. The van der Waals surface area contributed by atoms with Gasteiger partial charge in [-0.1, -0.05) is 18.7 Å². The van der Waals surface area contributed by atoms with Gasteiger partial charge < -0.3 is 14.8 Å². The van der Waals surface area contributed by atoms with Gasteiger partial charge in [0.15, 0.2) is 11.9 Å². The van der Waals surface area contributed by atoms with Crippen molar-refractivity contribution in [3.05, 3.63) is 37.5 Å². The third-order valence-corrected chi connectivity index (χ3v) is 5.21. The Morgan fingerprint density at radius 3 is 2.52 bits per heavy atom. The van der Waals surface area contributed by atoms with Gasteiger partial charge in [0, 0.05) is 0 Å². The third-order valence-electron chi connectivity index (χ3n) is 4.86. The lowest BCUT2D eigenvalue weighted by Gasteiger charge is -2.28. The second-order valence-corrected chi connectivity index (χ2v) is 7.34. The fourth-order valence-electron chi connectivity index (χ4n) is 3.08. The standard InChI is InChI=1S/C20H28ClNO5/c1-6-14-8-15(7-2)20(5,9-14)18(24)26-12-16(10-21)27-19(25)22-11-17(23)13(3)4/h6-7,14-16H,1-3,8-12H2,4-5H3,(H,22,25). The first kappa shape index (κ1) is 23.0. The number of hydrogen-bond acceptors (Lipinski definition) is 5. The molecule has 1 fully saturated rings. The van der Waals surface area contributed by atoms with Gasteiger partial charge in [0.25, 0.3) is 0 Å². The second kappa shape index (κ2) is 10.3. The van der Waals surface area contributed by atoms with Crippen molar-refractivity contribution >= 4 is 29.4 Å². The molecule has 6 nitrogen and oxygen atoms in total. The first-order chi connectivity index (χ1) is 12.7. The smallest absolute Gasteiger partial charge is 0.407 e. The lowest BCUT2D eigenvalue weighted by atomic mass is 9.79. The molecule has 1 rings (SSSR count). The first-order valence-corrected chi connectivity index (χ1v) is 9.32. The summed E-state index contributed by atoms with van der Waals surface area (Å²) in [6.07, 6.45) is 3.41. The summed E-state index contributed by atoms with van der Waals surface area (Å²) in [6.45, 7) is 14.1. The Morgan fingerprint density at radius 2 is 2.00 bits per heavy atom. The minimum absolute atomic E-state index is 0.0141. The van der Waals surface area contributed by atoms with Gasteiger partial charge in [-0.25, -0.2) is 4.79 Å². The second-order valence-electron chi connectivity index (χ2n) is 7.03. The summed E-state index contributed by atoms with van der Waals surface area (Å²) in [5.41, 5.74) is -0.370. The molecule has 7 heteroatoms. The number of allylic oxidation sites excluding steroid dienone is 2. The van der Waals surface area contributed by atoms with Crippen LogP contribution in [0.2, 0.25) is 0 Å². The molecule has 150 valence electrons. The number of nitrogens with one attached hydrogen (secondary N) is 1.